The monoisotopic (exact) mass is 461 g/mol. The minimum absolute atomic E-state index is 0.0235. The maximum absolute atomic E-state index is 14.8. The minimum atomic E-state index is -4.68. The molecule has 0 bridgehead atoms. The Morgan fingerprint density at radius 3 is 2.39 bits per heavy atom. The second-order valence-electron chi connectivity index (χ2n) is 6.66. The van der Waals surface area contributed by atoms with E-state index in [4.69, 9.17) is 16.7 Å². The van der Waals surface area contributed by atoms with E-state index in [0.29, 0.717) is 12.1 Å². The number of rotatable bonds is 5. The molecule has 0 radical (unpaired) electrons. The molecule has 1 aliphatic heterocycles. The van der Waals surface area contributed by atoms with Gasteiger partial charge in [0.1, 0.15) is 6.07 Å². The zero-order chi connectivity index (χ0) is 23.2. The molecule has 1 aromatic rings. The van der Waals surface area contributed by atoms with Gasteiger partial charge in [0.05, 0.1) is 16.8 Å². The van der Waals surface area contributed by atoms with Gasteiger partial charge in [-0.25, -0.2) is 4.79 Å². The first-order valence-corrected chi connectivity index (χ1v) is 9.87. The molecule has 0 atom stereocenters. The van der Waals surface area contributed by atoms with E-state index in [-0.39, 0.29) is 48.3 Å². The van der Waals surface area contributed by atoms with E-state index in [9.17, 15) is 26.7 Å². The third kappa shape index (κ3) is 6.27. The minimum Gasteiger partial charge on any atom is -0.405 e. The predicted molar refractivity (Wildman–Crippen MR) is 105 cm³/mol. The van der Waals surface area contributed by atoms with Crippen molar-refractivity contribution in [3.63, 3.8) is 0 Å². The van der Waals surface area contributed by atoms with Crippen molar-refractivity contribution in [1.82, 2.24) is 10.2 Å². The van der Waals surface area contributed by atoms with E-state index in [1.165, 1.54) is 17.2 Å². The Hall–Kier alpha value is -2.94. The quantitative estimate of drug-likeness (QED) is 0.350. The summed E-state index contributed by atoms with van der Waals surface area (Å²) in [4.78, 5) is 13.3. The number of allylic oxidation sites excluding steroid dienone is 1. The first-order chi connectivity index (χ1) is 14.5. The van der Waals surface area contributed by atoms with Gasteiger partial charge in [-0.1, -0.05) is 11.8 Å². The van der Waals surface area contributed by atoms with E-state index < -0.39 is 34.5 Å². The molecule has 6 nitrogen and oxygen atoms in total. The topological polar surface area (TPSA) is 108 Å². The highest BCUT2D eigenvalue weighted by molar-refractivity contribution is 8.00. The van der Waals surface area contributed by atoms with Gasteiger partial charge in [0, 0.05) is 30.1 Å². The molecule has 5 N–H and O–H groups in total. The molecule has 1 saturated heterocycles. The van der Waals surface area contributed by atoms with Crippen molar-refractivity contribution in [2.75, 3.05) is 13.1 Å². The molecule has 1 aromatic carbocycles. The summed E-state index contributed by atoms with van der Waals surface area (Å²) in [6.07, 6.45) is -1.04. The van der Waals surface area contributed by atoms with Gasteiger partial charge in [0.25, 0.3) is 0 Å². The number of nitrogens with two attached hydrogens (primary N) is 2. The summed E-state index contributed by atoms with van der Waals surface area (Å²) in [6.45, 7) is 0.101. The number of halogens is 5. The molecule has 2 rings (SSSR count). The van der Waals surface area contributed by atoms with E-state index in [1.807, 2.05) is 0 Å². The van der Waals surface area contributed by atoms with Crippen LogP contribution < -0.4 is 16.8 Å². The molecule has 0 aliphatic carbocycles. The van der Waals surface area contributed by atoms with Crippen LogP contribution in [-0.2, 0) is 6.18 Å². The van der Waals surface area contributed by atoms with Crippen LogP contribution in [0.15, 0.2) is 47.3 Å². The van der Waals surface area contributed by atoms with Crippen LogP contribution in [0.2, 0.25) is 0 Å². The van der Waals surface area contributed by atoms with Gasteiger partial charge in [0.2, 0.25) is 0 Å². The lowest BCUT2D eigenvalue weighted by Gasteiger charge is -2.35. The highest BCUT2D eigenvalue weighted by Crippen LogP contribution is 2.47. The summed E-state index contributed by atoms with van der Waals surface area (Å²) in [7, 11) is 0. The van der Waals surface area contributed by atoms with E-state index >= 15 is 0 Å². The van der Waals surface area contributed by atoms with Crippen LogP contribution in [0.25, 0.3) is 0 Å². The Balaban J connectivity index is 2.04. The van der Waals surface area contributed by atoms with Crippen molar-refractivity contribution < 1.29 is 26.7 Å². The van der Waals surface area contributed by atoms with E-state index in [1.54, 1.807) is 6.07 Å². The van der Waals surface area contributed by atoms with Crippen molar-refractivity contribution in [3.05, 3.63) is 53.5 Å². The van der Waals surface area contributed by atoms with Crippen molar-refractivity contribution in [2.24, 2.45) is 17.4 Å². The zero-order valence-corrected chi connectivity index (χ0v) is 16.9. The number of carbonyl (C=O) groups excluding carboxylic acids is 1. The molecule has 1 heterocycles. The number of carbonyl (C=O) groups is 1. The third-order valence-corrected chi connectivity index (χ3v) is 5.82. The SMILES string of the molecule is N#Cc1cc(C(F)(F)F)ccc1SC(F)(F)C1CCN(C(=O)NC(/C=C\N)=C/N)CC1. The van der Waals surface area contributed by atoms with E-state index in [2.05, 4.69) is 5.32 Å². The molecule has 0 unspecified atom stereocenters. The Morgan fingerprint density at radius 2 is 1.87 bits per heavy atom. The van der Waals surface area contributed by atoms with Gasteiger partial charge in [-0.05, 0) is 43.3 Å². The second-order valence-corrected chi connectivity index (χ2v) is 7.85. The van der Waals surface area contributed by atoms with Gasteiger partial charge in [-0.15, -0.1) is 0 Å². The van der Waals surface area contributed by atoms with Gasteiger partial charge in [0.15, 0.2) is 0 Å². The van der Waals surface area contributed by atoms with Crippen molar-refractivity contribution >= 4 is 17.8 Å². The fourth-order valence-electron chi connectivity index (χ4n) is 2.98. The molecule has 0 aromatic heterocycles. The number of thioether (sulfide) groups is 1. The van der Waals surface area contributed by atoms with Crippen LogP contribution in [-0.4, -0.2) is 29.3 Å². The molecule has 1 fully saturated rings. The van der Waals surface area contributed by atoms with Gasteiger partial charge in [-0.3, -0.25) is 0 Å². The number of nitriles is 1. The maximum Gasteiger partial charge on any atom is 0.416 e. The lowest BCUT2D eigenvalue weighted by molar-refractivity contribution is -0.137. The molecule has 12 heteroatoms. The van der Waals surface area contributed by atoms with Crippen molar-refractivity contribution in [1.29, 1.82) is 5.26 Å². The fraction of sp³-hybridized carbons (Fsp3) is 0.368. The number of benzene rings is 1. The van der Waals surface area contributed by atoms with Crippen LogP contribution in [0.1, 0.15) is 24.0 Å². The lowest BCUT2D eigenvalue weighted by Crippen LogP contribution is -2.46. The number of nitrogens with one attached hydrogen (secondary N) is 1. The first-order valence-electron chi connectivity index (χ1n) is 9.06. The molecular weight excluding hydrogens is 441 g/mol. The molecule has 2 amide bonds. The summed E-state index contributed by atoms with van der Waals surface area (Å²) in [5.74, 6) is -1.12. The van der Waals surface area contributed by atoms with E-state index in [0.717, 1.165) is 12.3 Å². The Labute approximate surface area is 179 Å². The van der Waals surface area contributed by atoms with Crippen LogP contribution in [0.5, 0.6) is 0 Å². The summed E-state index contributed by atoms with van der Waals surface area (Å²) in [5, 5.41) is 8.25. The molecule has 1 aliphatic rings. The highest BCUT2D eigenvalue weighted by atomic mass is 32.2. The predicted octanol–water partition coefficient (Wildman–Crippen LogP) is 3.96. The summed E-state index contributed by atoms with van der Waals surface area (Å²) < 4.78 is 68.0. The van der Waals surface area contributed by atoms with Gasteiger partial charge < -0.3 is 21.7 Å². The second kappa shape index (κ2) is 9.91. The number of urea groups is 1. The third-order valence-electron chi connectivity index (χ3n) is 4.64. The molecule has 0 saturated carbocycles. The van der Waals surface area contributed by atoms with Crippen molar-refractivity contribution in [3.8, 4) is 6.07 Å². The normalized spacial score (nSPS) is 16.4. The van der Waals surface area contributed by atoms with Crippen LogP contribution in [0, 0.1) is 17.2 Å². The standard InChI is InChI=1S/C19H20F5N5OS/c20-18(21,22)14-1-2-16(12(9-14)10-26)31-19(23,24)13-4-7-29(8-5-13)17(30)28-15(11-27)3-6-25/h1-3,6,9,11,13H,4-5,7-8,25,27H2,(H,28,30)/b6-3-,15-11+. The lowest BCUT2D eigenvalue weighted by atomic mass is 9.97. The number of amides is 2. The van der Waals surface area contributed by atoms with Crippen molar-refractivity contribution in [2.45, 2.75) is 29.2 Å². The molecule has 168 valence electrons. The number of nitrogens with zero attached hydrogens (tertiary/aromatic N) is 2. The summed E-state index contributed by atoms with van der Waals surface area (Å²) >= 11 is 0.0625. The summed E-state index contributed by atoms with van der Waals surface area (Å²) in [6, 6.07) is 3.14. The molecule has 0 spiro atoms. The fourth-order valence-corrected chi connectivity index (χ4v) is 4.02. The zero-order valence-electron chi connectivity index (χ0n) is 16.1. The van der Waals surface area contributed by atoms with Crippen LogP contribution in [0.4, 0.5) is 26.7 Å². The smallest absolute Gasteiger partial charge is 0.405 e. The number of hydrogen-bond donors (Lipinski definition) is 3. The Bertz CT molecular complexity index is 902. The molecular formula is C19H20F5N5OS. The Morgan fingerprint density at radius 1 is 1.23 bits per heavy atom. The number of alkyl halides is 5. The number of piperidine rings is 1. The van der Waals surface area contributed by atoms with Gasteiger partial charge in [-0.2, -0.15) is 27.2 Å². The first kappa shape index (κ1) is 24.3. The summed E-state index contributed by atoms with van der Waals surface area (Å²) in [5.41, 5.74) is 9.30. The maximum atomic E-state index is 14.8. The highest BCUT2D eigenvalue weighted by Gasteiger charge is 2.43. The number of likely N-dealkylation sites (tertiary alicyclic amines) is 1. The number of hydrogen-bond acceptors (Lipinski definition) is 5. The molecule has 31 heavy (non-hydrogen) atoms. The van der Waals surface area contributed by atoms with Crippen LogP contribution >= 0.6 is 11.8 Å². The Kier molecular flexibility index (Phi) is 7.78. The van der Waals surface area contributed by atoms with Gasteiger partial charge >= 0.3 is 17.5 Å². The largest absolute Gasteiger partial charge is 0.416 e. The average Bonchev–Trinajstić information content (AvgIpc) is 2.72. The van der Waals surface area contributed by atoms with Crippen LogP contribution in [0.3, 0.4) is 0 Å². The average molecular weight is 461 g/mol.